The highest BCUT2D eigenvalue weighted by Gasteiger charge is 2.27. The summed E-state index contributed by atoms with van der Waals surface area (Å²) in [7, 11) is 0. The van der Waals surface area contributed by atoms with Crippen molar-refractivity contribution in [1.82, 2.24) is 4.90 Å². The Morgan fingerprint density at radius 2 is 1.60 bits per heavy atom. The predicted octanol–water partition coefficient (Wildman–Crippen LogP) is 4.56. The molecule has 0 N–H and O–H groups in total. The zero-order chi connectivity index (χ0) is 24.4. The average Bonchev–Trinajstić information content (AvgIpc) is 3.35. The lowest BCUT2D eigenvalue weighted by Crippen LogP contribution is -2.48. The Morgan fingerprint density at radius 3 is 2.26 bits per heavy atom. The molecule has 3 heterocycles. The molecule has 0 unspecified atom stereocenters. The predicted molar refractivity (Wildman–Crippen MR) is 137 cm³/mol. The molecule has 2 aliphatic rings. The molecule has 182 valence electrons. The number of anilines is 2. The summed E-state index contributed by atoms with van der Waals surface area (Å²) < 4.78 is 20.1. The molecule has 35 heavy (non-hydrogen) atoms. The highest BCUT2D eigenvalue weighted by Crippen LogP contribution is 2.40. The minimum absolute atomic E-state index is 0.0127. The number of hydrogen-bond donors (Lipinski definition) is 0. The molecule has 6 nitrogen and oxygen atoms in total. The maximum Gasteiger partial charge on any atom is 0.264 e. The van der Waals surface area contributed by atoms with E-state index in [0.29, 0.717) is 50.6 Å². The summed E-state index contributed by atoms with van der Waals surface area (Å²) >= 11 is 1.54. The maximum atomic E-state index is 14.6. The van der Waals surface area contributed by atoms with Crippen LogP contribution in [0.2, 0.25) is 0 Å². The number of rotatable bonds is 5. The van der Waals surface area contributed by atoms with Gasteiger partial charge in [-0.3, -0.25) is 9.59 Å². The Labute approximate surface area is 208 Å². The molecule has 8 heteroatoms. The number of nitrogens with zero attached hydrogens (tertiary/aromatic N) is 3. The van der Waals surface area contributed by atoms with Gasteiger partial charge in [-0.15, -0.1) is 11.3 Å². The van der Waals surface area contributed by atoms with Gasteiger partial charge in [-0.2, -0.15) is 0 Å². The number of ketones is 1. The number of benzene rings is 2. The molecule has 1 amide bonds. The maximum absolute atomic E-state index is 14.6. The van der Waals surface area contributed by atoms with Gasteiger partial charge in [0.05, 0.1) is 28.8 Å². The van der Waals surface area contributed by atoms with Gasteiger partial charge in [-0.05, 0) is 36.8 Å². The molecule has 0 saturated carbocycles. The summed E-state index contributed by atoms with van der Waals surface area (Å²) in [6, 6.07) is 16.8. The van der Waals surface area contributed by atoms with E-state index in [1.165, 1.54) is 13.0 Å². The van der Waals surface area contributed by atoms with E-state index in [2.05, 4.69) is 17.0 Å². The number of piperazine rings is 1. The molecule has 2 saturated heterocycles. The van der Waals surface area contributed by atoms with Gasteiger partial charge in [0.2, 0.25) is 0 Å². The third kappa shape index (κ3) is 4.94. The van der Waals surface area contributed by atoms with E-state index >= 15 is 0 Å². The molecular weight excluding hydrogens is 465 g/mol. The highest BCUT2D eigenvalue weighted by atomic mass is 32.1. The zero-order valence-electron chi connectivity index (χ0n) is 19.7. The summed E-state index contributed by atoms with van der Waals surface area (Å²) in [5, 5.41) is 1.11. The Hall–Kier alpha value is -3.23. The SMILES string of the molecule is CC(=O)c1ccc(N2CCN(C(=O)c3cc(-c4ccccc4)c(N4CCOCC4)s3)CC2)c(F)c1. The van der Waals surface area contributed by atoms with E-state index in [4.69, 9.17) is 4.74 Å². The molecule has 5 rings (SSSR count). The van der Waals surface area contributed by atoms with Gasteiger partial charge < -0.3 is 19.4 Å². The number of thiophene rings is 1. The van der Waals surface area contributed by atoms with Crippen molar-refractivity contribution < 1.29 is 18.7 Å². The fourth-order valence-corrected chi connectivity index (χ4v) is 5.80. The smallest absolute Gasteiger partial charge is 0.264 e. The average molecular weight is 494 g/mol. The first kappa shape index (κ1) is 23.5. The lowest BCUT2D eigenvalue weighted by molar-refractivity contribution is 0.0751. The minimum atomic E-state index is -0.404. The number of morpholine rings is 1. The van der Waals surface area contributed by atoms with Crippen molar-refractivity contribution >= 4 is 33.7 Å². The van der Waals surface area contributed by atoms with Gasteiger partial charge in [0.15, 0.2) is 5.78 Å². The van der Waals surface area contributed by atoms with Crippen molar-refractivity contribution in [2.24, 2.45) is 0 Å². The second-order valence-electron chi connectivity index (χ2n) is 8.80. The summed E-state index contributed by atoms with van der Waals surface area (Å²) in [5.74, 6) is -0.551. The second kappa shape index (κ2) is 10.2. The molecule has 0 atom stereocenters. The van der Waals surface area contributed by atoms with Crippen molar-refractivity contribution in [2.45, 2.75) is 6.92 Å². The molecule has 2 fully saturated rings. The van der Waals surface area contributed by atoms with Crippen LogP contribution in [0.25, 0.3) is 11.1 Å². The van der Waals surface area contributed by atoms with Crippen molar-refractivity contribution in [3.63, 3.8) is 0 Å². The van der Waals surface area contributed by atoms with Crippen LogP contribution in [0.1, 0.15) is 27.0 Å². The number of hydrogen-bond acceptors (Lipinski definition) is 6. The fourth-order valence-electron chi connectivity index (χ4n) is 4.60. The second-order valence-corrected chi connectivity index (χ2v) is 9.83. The van der Waals surface area contributed by atoms with Crippen molar-refractivity contribution in [1.29, 1.82) is 0 Å². The lowest BCUT2D eigenvalue weighted by atomic mass is 10.1. The molecule has 2 aromatic carbocycles. The standard InChI is InChI=1S/C27H28FN3O3S/c1-19(32)21-7-8-24(23(28)17-21)29-9-11-30(12-10-29)26(33)25-18-22(20-5-3-2-4-6-20)27(35-25)31-13-15-34-16-14-31/h2-8,17-18H,9-16H2,1H3. The molecule has 3 aromatic rings. The van der Waals surface area contributed by atoms with Gasteiger partial charge in [0, 0.05) is 50.4 Å². The van der Waals surface area contributed by atoms with Crippen molar-refractivity contribution in [3.8, 4) is 11.1 Å². The molecule has 0 radical (unpaired) electrons. The first-order valence-corrected chi connectivity index (χ1v) is 12.7. The third-order valence-electron chi connectivity index (χ3n) is 6.57. The van der Waals surface area contributed by atoms with Crippen LogP contribution < -0.4 is 9.80 Å². The van der Waals surface area contributed by atoms with Crippen LogP contribution in [0, 0.1) is 5.82 Å². The van der Waals surface area contributed by atoms with Crippen LogP contribution >= 0.6 is 11.3 Å². The van der Waals surface area contributed by atoms with E-state index in [1.54, 1.807) is 23.5 Å². The van der Waals surface area contributed by atoms with E-state index in [0.717, 1.165) is 34.1 Å². The minimum Gasteiger partial charge on any atom is -0.378 e. The number of Topliss-reactive ketones (excluding diaryl/α,β-unsaturated/α-hetero) is 1. The molecule has 1 aromatic heterocycles. The number of carbonyl (C=O) groups is 2. The molecule has 2 aliphatic heterocycles. The van der Waals surface area contributed by atoms with Crippen LogP contribution in [0.15, 0.2) is 54.6 Å². The van der Waals surface area contributed by atoms with Crippen LogP contribution in [0.3, 0.4) is 0 Å². The van der Waals surface area contributed by atoms with Crippen LogP contribution in [0.4, 0.5) is 15.1 Å². The van der Waals surface area contributed by atoms with E-state index < -0.39 is 5.82 Å². The fraction of sp³-hybridized carbons (Fsp3) is 0.333. The van der Waals surface area contributed by atoms with Gasteiger partial charge in [-0.25, -0.2) is 4.39 Å². The summed E-state index contributed by atoms with van der Waals surface area (Å²) in [4.78, 5) is 31.8. The Balaban J connectivity index is 1.33. The lowest BCUT2D eigenvalue weighted by Gasteiger charge is -2.36. The Bertz CT molecular complexity index is 1220. The quantitative estimate of drug-likeness (QED) is 0.488. The first-order valence-electron chi connectivity index (χ1n) is 11.9. The van der Waals surface area contributed by atoms with Gasteiger partial charge in [-0.1, -0.05) is 30.3 Å². The van der Waals surface area contributed by atoms with E-state index in [1.807, 2.05) is 34.1 Å². The largest absolute Gasteiger partial charge is 0.378 e. The Morgan fingerprint density at radius 1 is 0.886 bits per heavy atom. The first-order chi connectivity index (χ1) is 17.0. The molecular formula is C27H28FN3O3S. The zero-order valence-corrected chi connectivity index (χ0v) is 20.5. The van der Waals surface area contributed by atoms with Gasteiger partial charge in [0.25, 0.3) is 5.91 Å². The normalized spacial score (nSPS) is 16.5. The van der Waals surface area contributed by atoms with Crippen LogP contribution in [-0.2, 0) is 4.74 Å². The molecule has 0 bridgehead atoms. The number of amides is 1. The number of halogens is 1. The van der Waals surface area contributed by atoms with Gasteiger partial charge >= 0.3 is 0 Å². The van der Waals surface area contributed by atoms with E-state index in [-0.39, 0.29) is 11.7 Å². The number of ether oxygens (including phenoxy) is 1. The molecule has 0 spiro atoms. The Kier molecular flexibility index (Phi) is 6.83. The topological polar surface area (TPSA) is 53.1 Å². The van der Waals surface area contributed by atoms with Crippen LogP contribution in [-0.4, -0.2) is 69.1 Å². The number of carbonyl (C=O) groups excluding carboxylic acids is 2. The summed E-state index contributed by atoms with van der Waals surface area (Å²) in [6.07, 6.45) is 0. The summed E-state index contributed by atoms with van der Waals surface area (Å²) in [5.41, 5.74) is 3.01. The molecule has 0 aliphatic carbocycles. The third-order valence-corrected chi connectivity index (χ3v) is 7.75. The van der Waals surface area contributed by atoms with Crippen molar-refractivity contribution in [3.05, 3.63) is 70.9 Å². The van der Waals surface area contributed by atoms with Crippen molar-refractivity contribution in [2.75, 3.05) is 62.3 Å². The van der Waals surface area contributed by atoms with Crippen LogP contribution in [0.5, 0.6) is 0 Å². The summed E-state index contributed by atoms with van der Waals surface area (Å²) in [6.45, 7) is 6.50. The monoisotopic (exact) mass is 493 g/mol. The highest BCUT2D eigenvalue weighted by molar-refractivity contribution is 7.18. The van der Waals surface area contributed by atoms with Gasteiger partial charge in [0.1, 0.15) is 5.82 Å². The van der Waals surface area contributed by atoms with E-state index in [9.17, 15) is 14.0 Å².